The molecule has 0 aliphatic heterocycles. The molecular weight excluding hydrogens is 154 g/mol. The standard InChI is InChI=1S/C8H7N3O/c1-5(12)6-3-2-4-7-8(6)10-11-9-7/h2-4H,1H3,(H,9,10,11). The van der Waals surface area contributed by atoms with Crippen LogP contribution in [0.15, 0.2) is 18.2 Å². The highest BCUT2D eigenvalue weighted by molar-refractivity contribution is 6.04. The van der Waals surface area contributed by atoms with Crippen molar-refractivity contribution in [1.29, 1.82) is 0 Å². The molecule has 0 saturated heterocycles. The number of carbonyl (C=O) groups excluding carboxylic acids is 1. The number of benzene rings is 1. The topological polar surface area (TPSA) is 58.6 Å². The lowest BCUT2D eigenvalue weighted by molar-refractivity contribution is 0.101. The number of para-hydroxylation sites is 1. The minimum atomic E-state index is 0.00880. The Labute approximate surface area is 68.6 Å². The van der Waals surface area contributed by atoms with Crippen LogP contribution in [0.5, 0.6) is 0 Å². The van der Waals surface area contributed by atoms with Crippen LogP contribution in [0.2, 0.25) is 0 Å². The third kappa shape index (κ3) is 0.887. The monoisotopic (exact) mass is 161 g/mol. The van der Waals surface area contributed by atoms with Crippen LogP contribution in [0.1, 0.15) is 17.3 Å². The summed E-state index contributed by atoms with van der Waals surface area (Å²) in [4.78, 5) is 11.1. The quantitative estimate of drug-likeness (QED) is 0.638. The normalized spacial score (nSPS) is 10.4. The Hall–Kier alpha value is -1.71. The Morgan fingerprint density at radius 2 is 2.25 bits per heavy atom. The molecule has 12 heavy (non-hydrogen) atoms. The number of aromatic amines is 1. The number of hydrogen-bond donors (Lipinski definition) is 1. The molecule has 1 heterocycles. The highest BCUT2D eigenvalue weighted by Gasteiger charge is 2.07. The third-order valence-electron chi connectivity index (χ3n) is 1.73. The van der Waals surface area contributed by atoms with Crippen molar-refractivity contribution in [2.75, 3.05) is 0 Å². The lowest BCUT2D eigenvalue weighted by Gasteiger charge is -1.93. The molecule has 1 aromatic heterocycles. The molecular formula is C8H7N3O. The third-order valence-corrected chi connectivity index (χ3v) is 1.73. The van der Waals surface area contributed by atoms with Crippen molar-refractivity contribution in [2.24, 2.45) is 0 Å². The van der Waals surface area contributed by atoms with E-state index in [-0.39, 0.29) is 5.78 Å². The average molecular weight is 161 g/mol. The molecule has 0 saturated carbocycles. The van der Waals surface area contributed by atoms with E-state index in [0.717, 1.165) is 5.52 Å². The molecule has 0 bridgehead atoms. The van der Waals surface area contributed by atoms with Crippen molar-refractivity contribution < 1.29 is 4.79 Å². The first-order chi connectivity index (χ1) is 5.79. The van der Waals surface area contributed by atoms with Gasteiger partial charge in [-0.15, -0.1) is 0 Å². The van der Waals surface area contributed by atoms with Crippen molar-refractivity contribution >= 4 is 16.8 Å². The van der Waals surface area contributed by atoms with Gasteiger partial charge in [-0.25, -0.2) is 0 Å². The van der Waals surface area contributed by atoms with Crippen molar-refractivity contribution in [3.63, 3.8) is 0 Å². The predicted octanol–water partition coefficient (Wildman–Crippen LogP) is 1.16. The van der Waals surface area contributed by atoms with Crippen LogP contribution < -0.4 is 0 Å². The predicted molar refractivity (Wildman–Crippen MR) is 43.9 cm³/mol. The van der Waals surface area contributed by atoms with Gasteiger partial charge in [0.2, 0.25) is 0 Å². The first kappa shape index (κ1) is 6.97. The van der Waals surface area contributed by atoms with E-state index >= 15 is 0 Å². The zero-order chi connectivity index (χ0) is 8.55. The van der Waals surface area contributed by atoms with Crippen LogP contribution >= 0.6 is 0 Å². The molecule has 0 aliphatic carbocycles. The lowest BCUT2D eigenvalue weighted by atomic mass is 10.1. The molecule has 4 heteroatoms. The number of Topliss-reactive ketones (excluding diaryl/α,β-unsaturated/α-hetero) is 1. The molecule has 0 unspecified atom stereocenters. The summed E-state index contributed by atoms with van der Waals surface area (Å²) in [5, 5.41) is 10.2. The number of hydrogen-bond acceptors (Lipinski definition) is 3. The minimum Gasteiger partial charge on any atom is -0.294 e. The molecule has 0 spiro atoms. The second-order valence-electron chi connectivity index (χ2n) is 2.55. The molecule has 2 aromatic rings. The molecule has 1 aromatic carbocycles. The van der Waals surface area contributed by atoms with E-state index in [1.54, 1.807) is 12.1 Å². The SMILES string of the molecule is CC(=O)c1cccc2n[nH]nc12. The van der Waals surface area contributed by atoms with Gasteiger partial charge in [0.05, 0.1) is 0 Å². The fourth-order valence-corrected chi connectivity index (χ4v) is 1.15. The smallest absolute Gasteiger partial charge is 0.162 e. The molecule has 60 valence electrons. The Morgan fingerprint density at radius 1 is 1.42 bits per heavy atom. The van der Waals surface area contributed by atoms with E-state index in [1.807, 2.05) is 6.07 Å². The van der Waals surface area contributed by atoms with Crippen LogP contribution in [0, 0.1) is 0 Å². The number of nitrogens with one attached hydrogen (secondary N) is 1. The number of carbonyl (C=O) groups is 1. The zero-order valence-electron chi connectivity index (χ0n) is 6.53. The highest BCUT2D eigenvalue weighted by Crippen LogP contribution is 2.13. The molecule has 0 aliphatic rings. The van der Waals surface area contributed by atoms with E-state index in [4.69, 9.17) is 0 Å². The average Bonchev–Trinajstić information content (AvgIpc) is 2.49. The Bertz CT molecular complexity index is 433. The van der Waals surface area contributed by atoms with Gasteiger partial charge in [0.1, 0.15) is 11.0 Å². The Morgan fingerprint density at radius 3 is 3.00 bits per heavy atom. The first-order valence-corrected chi connectivity index (χ1v) is 3.59. The molecule has 4 nitrogen and oxygen atoms in total. The molecule has 0 amide bonds. The van der Waals surface area contributed by atoms with Gasteiger partial charge in [-0.3, -0.25) is 4.79 Å². The van der Waals surface area contributed by atoms with Gasteiger partial charge in [0.25, 0.3) is 0 Å². The number of ketones is 1. The van der Waals surface area contributed by atoms with E-state index < -0.39 is 0 Å². The number of rotatable bonds is 1. The van der Waals surface area contributed by atoms with Crippen LogP contribution in [0.4, 0.5) is 0 Å². The number of H-pyrrole nitrogens is 1. The van der Waals surface area contributed by atoms with Crippen LogP contribution in [0.25, 0.3) is 11.0 Å². The fraction of sp³-hybridized carbons (Fsp3) is 0.125. The van der Waals surface area contributed by atoms with E-state index in [9.17, 15) is 4.79 Å². The van der Waals surface area contributed by atoms with Gasteiger partial charge in [-0.1, -0.05) is 6.07 Å². The minimum absolute atomic E-state index is 0.00880. The molecule has 2 rings (SSSR count). The second kappa shape index (κ2) is 2.41. The second-order valence-corrected chi connectivity index (χ2v) is 2.55. The summed E-state index contributed by atoms with van der Waals surface area (Å²) in [7, 11) is 0. The van der Waals surface area contributed by atoms with Crippen molar-refractivity contribution in [3.05, 3.63) is 23.8 Å². The lowest BCUT2D eigenvalue weighted by Crippen LogP contribution is -1.92. The largest absolute Gasteiger partial charge is 0.294 e. The number of fused-ring (bicyclic) bond motifs is 1. The summed E-state index contributed by atoms with van der Waals surface area (Å²) in [6.07, 6.45) is 0. The molecule has 1 N–H and O–H groups in total. The maximum Gasteiger partial charge on any atom is 0.162 e. The van der Waals surface area contributed by atoms with Gasteiger partial charge >= 0.3 is 0 Å². The molecule has 0 radical (unpaired) electrons. The number of nitrogens with zero attached hydrogens (tertiary/aromatic N) is 2. The fourth-order valence-electron chi connectivity index (χ4n) is 1.15. The van der Waals surface area contributed by atoms with E-state index in [1.165, 1.54) is 6.92 Å². The maximum absolute atomic E-state index is 11.1. The summed E-state index contributed by atoms with van der Waals surface area (Å²) >= 11 is 0. The van der Waals surface area contributed by atoms with Crippen LogP contribution in [-0.4, -0.2) is 21.2 Å². The number of aromatic nitrogens is 3. The van der Waals surface area contributed by atoms with Crippen LogP contribution in [0.3, 0.4) is 0 Å². The van der Waals surface area contributed by atoms with Gasteiger partial charge in [-0.2, -0.15) is 15.4 Å². The molecule has 0 fully saturated rings. The van der Waals surface area contributed by atoms with Gasteiger partial charge < -0.3 is 0 Å². The zero-order valence-corrected chi connectivity index (χ0v) is 6.53. The van der Waals surface area contributed by atoms with Gasteiger partial charge in [0, 0.05) is 5.56 Å². The van der Waals surface area contributed by atoms with Gasteiger partial charge in [0.15, 0.2) is 5.78 Å². The van der Waals surface area contributed by atoms with Crippen LogP contribution in [-0.2, 0) is 0 Å². The van der Waals surface area contributed by atoms with Gasteiger partial charge in [-0.05, 0) is 19.1 Å². The Balaban J connectivity index is 2.82. The summed E-state index contributed by atoms with van der Waals surface area (Å²) in [5.74, 6) is 0.00880. The first-order valence-electron chi connectivity index (χ1n) is 3.59. The maximum atomic E-state index is 11.1. The molecule has 0 atom stereocenters. The van der Waals surface area contributed by atoms with Crippen molar-refractivity contribution in [2.45, 2.75) is 6.92 Å². The summed E-state index contributed by atoms with van der Waals surface area (Å²) in [5.41, 5.74) is 1.98. The van der Waals surface area contributed by atoms with E-state index in [0.29, 0.717) is 11.1 Å². The summed E-state index contributed by atoms with van der Waals surface area (Å²) in [6.45, 7) is 1.52. The van der Waals surface area contributed by atoms with E-state index in [2.05, 4.69) is 15.4 Å². The van der Waals surface area contributed by atoms with Crippen molar-refractivity contribution in [3.8, 4) is 0 Å². The highest BCUT2D eigenvalue weighted by atomic mass is 16.1. The summed E-state index contributed by atoms with van der Waals surface area (Å²) < 4.78 is 0. The summed E-state index contributed by atoms with van der Waals surface area (Å²) in [6, 6.07) is 5.35. The van der Waals surface area contributed by atoms with Crippen molar-refractivity contribution in [1.82, 2.24) is 15.4 Å². The Kier molecular flexibility index (Phi) is 1.40.